The van der Waals surface area contributed by atoms with Crippen molar-refractivity contribution in [2.24, 2.45) is 0 Å². The fourth-order valence-corrected chi connectivity index (χ4v) is 4.15. The topological polar surface area (TPSA) is 64.8 Å². The summed E-state index contributed by atoms with van der Waals surface area (Å²) in [5.74, 6) is 1.44. The Hall–Kier alpha value is -3.39. The second kappa shape index (κ2) is 7.21. The predicted octanol–water partition coefficient (Wildman–Crippen LogP) is 4.53. The molecular formula is C21H15FN2O4S. The number of rotatable bonds is 5. The number of anilines is 1. The molecule has 0 atom stereocenters. The van der Waals surface area contributed by atoms with Gasteiger partial charge in [-0.1, -0.05) is 17.4 Å². The zero-order chi connectivity index (χ0) is 19.8. The molecule has 0 radical (unpaired) electrons. The number of hydrogen-bond donors (Lipinski definition) is 0. The smallest absolute Gasteiger partial charge is 0.233 e. The SMILES string of the molecule is O=C(Cc1ccc2c(c1)OCO2)N(Cc1ccco1)c1nc2ccc(F)cc2s1. The summed E-state index contributed by atoms with van der Waals surface area (Å²) in [7, 11) is 0. The standard InChI is InChI=1S/C21H15FN2O4S/c22-14-4-5-16-19(10-14)29-21(23-16)24(11-15-2-1-7-26-15)20(25)9-13-3-6-17-18(8-13)28-12-27-17/h1-8,10H,9,11-12H2. The van der Waals surface area contributed by atoms with Crippen LogP contribution >= 0.6 is 11.3 Å². The van der Waals surface area contributed by atoms with Gasteiger partial charge in [-0.25, -0.2) is 9.37 Å². The minimum atomic E-state index is -0.336. The van der Waals surface area contributed by atoms with Crippen molar-refractivity contribution in [3.05, 3.63) is 71.9 Å². The lowest BCUT2D eigenvalue weighted by atomic mass is 10.1. The fraction of sp³-hybridized carbons (Fsp3) is 0.143. The van der Waals surface area contributed by atoms with Gasteiger partial charge in [0, 0.05) is 0 Å². The second-order valence-corrected chi connectivity index (χ2v) is 7.54. The third kappa shape index (κ3) is 3.54. The Morgan fingerprint density at radius 2 is 2.03 bits per heavy atom. The molecule has 6 nitrogen and oxygen atoms in total. The van der Waals surface area contributed by atoms with Crippen LogP contribution in [0.2, 0.25) is 0 Å². The molecule has 0 aliphatic carbocycles. The Balaban J connectivity index is 1.46. The third-order valence-electron chi connectivity index (χ3n) is 4.56. The van der Waals surface area contributed by atoms with Crippen LogP contribution in [0.15, 0.2) is 59.2 Å². The lowest BCUT2D eigenvalue weighted by Crippen LogP contribution is -2.31. The van der Waals surface area contributed by atoms with E-state index < -0.39 is 0 Å². The molecule has 0 bridgehead atoms. The van der Waals surface area contributed by atoms with Crippen molar-refractivity contribution in [3.63, 3.8) is 0 Å². The zero-order valence-corrected chi connectivity index (χ0v) is 15.9. The summed E-state index contributed by atoms with van der Waals surface area (Å²) >= 11 is 1.27. The van der Waals surface area contributed by atoms with Crippen molar-refractivity contribution >= 4 is 32.6 Å². The van der Waals surface area contributed by atoms with Gasteiger partial charge in [0.05, 0.1) is 29.4 Å². The first-order valence-corrected chi connectivity index (χ1v) is 9.75. The molecule has 0 fully saturated rings. The Labute approximate surface area is 169 Å². The third-order valence-corrected chi connectivity index (χ3v) is 5.60. The molecule has 8 heteroatoms. The number of nitrogens with zero attached hydrogens (tertiary/aromatic N) is 2. The van der Waals surface area contributed by atoms with Gasteiger partial charge in [-0.3, -0.25) is 9.69 Å². The summed E-state index contributed by atoms with van der Waals surface area (Å²) in [4.78, 5) is 19.3. The number of halogens is 1. The Morgan fingerprint density at radius 1 is 1.14 bits per heavy atom. The molecule has 146 valence electrons. The summed E-state index contributed by atoms with van der Waals surface area (Å²) in [6.45, 7) is 0.415. The van der Waals surface area contributed by atoms with Crippen molar-refractivity contribution in [2.75, 3.05) is 11.7 Å². The van der Waals surface area contributed by atoms with E-state index in [9.17, 15) is 9.18 Å². The Bertz CT molecular complexity index is 1190. The molecule has 2 aromatic heterocycles. The van der Waals surface area contributed by atoms with E-state index >= 15 is 0 Å². The number of thiazole rings is 1. The van der Waals surface area contributed by atoms with E-state index in [2.05, 4.69) is 4.98 Å². The molecule has 0 spiro atoms. The Morgan fingerprint density at radius 3 is 2.90 bits per heavy atom. The molecule has 29 heavy (non-hydrogen) atoms. The normalized spacial score (nSPS) is 12.4. The van der Waals surface area contributed by atoms with Crippen LogP contribution in [0.3, 0.4) is 0 Å². The lowest BCUT2D eigenvalue weighted by molar-refractivity contribution is -0.118. The molecule has 2 aromatic carbocycles. The van der Waals surface area contributed by atoms with Gasteiger partial charge < -0.3 is 13.9 Å². The largest absolute Gasteiger partial charge is 0.467 e. The predicted molar refractivity (Wildman–Crippen MR) is 106 cm³/mol. The molecule has 0 unspecified atom stereocenters. The molecule has 0 N–H and O–H groups in total. The average molecular weight is 410 g/mol. The minimum absolute atomic E-state index is 0.153. The molecule has 5 rings (SSSR count). The minimum Gasteiger partial charge on any atom is -0.467 e. The molecule has 1 aliphatic heterocycles. The number of carbonyl (C=O) groups is 1. The van der Waals surface area contributed by atoms with Crippen LogP contribution < -0.4 is 14.4 Å². The van der Waals surface area contributed by atoms with E-state index in [1.807, 2.05) is 6.07 Å². The van der Waals surface area contributed by atoms with E-state index in [1.165, 1.54) is 23.5 Å². The van der Waals surface area contributed by atoms with Gasteiger partial charge in [-0.05, 0) is 48.0 Å². The van der Waals surface area contributed by atoms with Crippen LogP contribution in [-0.4, -0.2) is 17.7 Å². The van der Waals surface area contributed by atoms with Crippen LogP contribution in [0, 0.1) is 5.82 Å². The lowest BCUT2D eigenvalue weighted by Gasteiger charge is -2.19. The number of aromatic nitrogens is 1. The summed E-state index contributed by atoms with van der Waals surface area (Å²) in [5.41, 5.74) is 1.45. The Kier molecular flexibility index (Phi) is 4.40. The molecule has 0 saturated carbocycles. The van der Waals surface area contributed by atoms with E-state index in [-0.39, 0.29) is 31.5 Å². The highest BCUT2D eigenvalue weighted by Crippen LogP contribution is 2.34. The summed E-state index contributed by atoms with van der Waals surface area (Å²) in [5, 5.41) is 0.493. The van der Waals surface area contributed by atoms with Gasteiger partial charge in [-0.15, -0.1) is 0 Å². The monoisotopic (exact) mass is 410 g/mol. The van der Waals surface area contributed by atoms with Gasteiger partial charge in [-0.2, -0.15) is 0 Å². The first-order chi connectivity index (χ1) is 14.2. The van der Waals surface area contributed by atoms with E-state index in [0.29, 0.717) is 32.6 Å². The zero-order valence-electron chi connectivity index (χ0n) is 15.1. The first kappa shape index (κ1) is 17.7. The number of fused-ring (bicyclic) bond motifs is 2. The van der Waals surface area contributed by atoms with Crippen LogP contribution in [-0.2, 0) is 17.8 Å². The summed E-state index contributed by atoms with van der Waals surface area (Å²) in [6, 6.07) is 13.4. The van der Waals surface area contributed by atoms with Crippen molar-refractivity contribution in [1.82, 2.24) is 4.98 Å². The van der Waals surface area contributed by atoms with Crippen LogP contribution in [0.25, 0.3) is 10.2 Å². The number of carbonyl (C=O) groups excluding carboxylic acids is 1. The van der Waals surface area contributed by atoms with Crippen LogP contribution in [0.1, 0.15) is 11.3 Å². The maximum atomic E-state index is 13.6. The van der Waals surface area contributed by atoms with Gasteiger partial charge in [0.25, 0.3) is 0 Å². The maximum Gasteiger partial charge on any atom is 0.233 e. The molecule has 1 amide bonds. The molecule has 4 aromatic rings. The quantitative estimate of drug-likeness (QED) is 0.484. The van der Waals surface area contributed by atoms with E-state index in [0.717, 1.165) is 5.56 Å². The summed E-state index contributed by atoms with van der Waals surface area (Å²) < 4.78 is 30.4. The molecular weight excluding hydrogens is 395 g/mol. The first-order valence-electron chi connectivity index (χ1n) is 8.93. The highest BCUT2D eigenvalue weighted by molar-refractivity contribution is 7.22. The van der Waals surface area contributed by atoms with E-state index in [4.69, 9.17) is 13.9 Å². The molecule has 0 saturated heterocycles. The van der Waals surface area contributed by atoms with Crippen molar-refractivity contribution in [2.45, 2.75) is 13.0 Å². The van der Waals surface area contributed by atoms with Crippen molar-refractivity contribution in [1.29, 1.82) is 0 Å². The second-order valence-electron chi connectivity index (χ2n) is 6.53. The number of ether oxygens (including phenoxy) is 2. The number of benzene rings is 2. The van der Waals surface area contributed by atoms with Gasteiger partial charge in [0.15, 0.2) is 16.6 Å². The van der Waals surface area contributed by atoms with Crippen LogP contribution in [0.5, 0.6) is 11.5 Å². The highest BCUT2D eigenvalue weighted by atomic mass is 32.1. The highest BCUT2D eigenvalue weighted by Gasteiger charge is 2.23. The van der Waals surface area contributed by atoms with Gasteiger partial charge >= 0.3 is 0 Å². The van der Waals surface area contributed by atoms with Crippen LogP contribution in [0.4, 0.5) is 9.52 Å². The van der Waals surface area contributed by atoms with Crippen molar-refractivity contribution < 1.29 is 23.1 Å². The molecule has 3 heterocycles. The number of amides is 1. The number of hydrogen-bond acceptors (Lipinski definition) is 6. The van der Waals surface area contributed by atoms with Crippen molar-refractivity contribution in [3.8, 4) is 11.5 Å². The molecule has 1 aliphatic rings. The maximum absolute atomic E-state index is 13.6. The van der Waals surface area contributed by atoms with E-state index in [1.54, 1.807) is 41.5 Å². The average Bonchev–Trinajstić information content (AvgIpc) is 3.45. The van der Waals surface area contributed by atoms with Gasteiger partial charge in [0.1, 0.15) is 11.6 Å². The number of furan rings is 1. The van der Waals surface area contributed by atoms with Gasteiger partial charge in [0.2, 0.25) is 12.7 Å². The summed E-state index contributed by atoms with van der Waals surface area (Å²) in [6.07, 6.45) is 1.71. The fourth-order valence-electron chi connectivity index (χ4n) is 3.14.